The Hall–Kier alpha value is -1.88. The van der Waals surface area contributed by atoms with E-state index in [0.717, 1.165) is 24.0 Å². The molecule has 1 amide bonds. The van der Waals surface area contributed by atoms with Gasteiger partial charge in [-0.25, -0.2) is 0 Å². The maximum atomic E-state index is 12.2. The van der Waals surface area contributed by atoms with E-state index < -0.39 is 18.1 Å². The van der Waals surface area contributed by atoms with Crippen LogP contribution in [-0.2, 0) is 22.6 Å². The molecule has 2 N–H and O–H groups in total. The fourth-order valence-electron chi connectivity index (χ4n) is 2.88. The number of nitrogens with zero attached hydrogens (tertiary/aromatic N) is 1. The van der Waals surface area contributed by atoms with Crippen LogP contribution in [0.15, 0.2) is 24.3 Å². The van der Waals surface area contributed by atoms with E-state index in [2.05, 4.69) is 5.32 Å². The highest BCUT2D eigenvalue weighted by Gasteiger charge is 2.37. The van der Waals surface area contributed by atoms with Gasteiger partial charge in [-0.1, -0.05) is 24.3 Å². The van der Waals surface area contributed by atoms with E-state index >= 15 is 0 Å². The number of rotatable bonds is 4. The SMILES string of the molecule is CC(C(=O)NC1CC1)N1Cc2ccccc2CC1C(=O)O. The predicted octanol–water partition coefficient (Wildman–Crippen LogP) is 1.16. The molecule has 0 spiro atoms. The van der Waals surface area contributed by atoms with E-state index in [1.165, 1.54) is 0 Å². The van der Waals surface area contributed by atoms with Gasteiger partial charge in [0, 0.05) is 12.6 Å². The van der Waals surface area contributed by atoms with Gasteiger partial charge in [0.2, 0.25) is 5.91 Å². The maximum absolute atomic E-state index is 12.2. The Morgan fingerprint density at radius 3 is 2.57 bits per heavy atom. The standard InChI is InChI=1S/C16H20N2O3/c1-10(15(19)17-13-6-7-13)18-9-12-5-3-2-4-11(12)8-14(18)16(20)21/h2-5,10,13-14H,6-9H2,1H3,(H,17,19)(H,20,21). The first kappa shape index (κ1) is 14.1. The highest BCUT2D eigenvalue weighted by molar-refractivity contribution is 5.83. The van der Waals surface area contributed by atoms with Crippen LogP contribution in [0, 0.1) is 0 Å². The summed E-state index contributed by atoms with van der Waals surface area (Å²) in [5.74, 6) is -0.932. The van der Waals surface area contributed by atoms with Crippen molar-refractivity contribution >= 4 is 11.9 Å². The molecule has 0 aromatic heterocycles. The number of fused-ring (bicyclic) bond motifs is 1. The van der Waals surface area contributed by atoms with Gasteiger partial charge in [0.15, 0.2) is 0 Å². The summed E-state index contributed by atoms with van der Waals surface area (Å²) in [7, 11) is 0. The van der Waals surface area contributed by atoms with E-state index in [1.54, 1.807) is 11.8 Å². The molecule has 0 saturated heterocycles. The minimum atomic E-state index is -0.865. The Morgan fingerprint density at radius 1 is 1.29 bits per heavy atom. The van der Waals surface area contributed by atoms with Gasteiger partial charge < -0.3 is 10.4 Å². The minimum absolute atomic E-state index is 0.0665. The summed E-state index contributed by atoms with van der Waals surface area (Å²) in [6.07, 6.45) is 2.51. The zero-order valence-corrected chi connectivity index (χ0v) is 12.1. The van der Waals surface area contributed by atoms with Crippen LogP contribution in [0.1, 0.15) is 30.9 Å². The molecule has 1 aliphatic carbocycles. The molecule has 112 valence electrons. The molecular formula is C16H20N2O3. The molecule has 1 heterocycles. The van der Waals surface area contributed by atoms with Gasteiger partial charge in [-0.15, -0.1) is 0 Å². The second-order valence-corrected chi connectivity index (χ2v) is 5.96. The van der Waals surface area contributed by atoms with Gasteiger partial charge >= 0.3 is 5.97 Å². The smallest absolute Gasteiger partial charge is 0.321 e. The van der Waals surface area contributed by atoms with Crippen LogP contribution < -0.4 is 5.32 Å². The van der Waals surface area contributed by atoms with Crippen molar-refractivity contribution < 1.29 is 14.7 Å². The van der Waals surface area contributed by atoms with Gasteiger partial charge in [-0.05, 0) is 37.3 Å². The topological polar surface area (TPSA) is 69.6 Å². The van der Waals surface area contributed by atoms with Gasteiger partial charge in [-0.3, -0.25) is 14.5 Å². The molecule has 1 saturated carbocycles. The van der Waals surface area contributed by atoms with Crippen molar-refractivity contribution in [3.8, 4) is 0 Å². The molecule has 1 aromatic carbocycles. The lowest BCUT2D eigenvalue weighted by atomic mass is 9.92. The largest absolute Gasteiger partial charge is 0.480 e. The van der Waals surface area contributed by atoms with E-state index in [0.29, 0.717) is 19.0 Å². The van der Waals surface area contributed by atoms with Crippen LogP contribution >= 0.6 is 0 Å². The summed E-state index contributed by atoms with van der Waals surface area (Å²) >= 11 is 0. The third-order valence-electron chi connectivity index (χ3n) is 4.37. The number of aliphatic carboxylic acids is 1. The summed E-state index contributed by atoms with van der Waals surface area (Å²) in [4.78, 5) is 25.6. The molecule has 2 unspecified atom stereocenters. The lowest BCUT2D eigenvalue weighted by Crippen LogP contribution is -2.54. The zero-order valence-electron chi connectivity index (χ0n) is 12.1. The number of carboxylic acid groups (broad SMARTS) is 1. The summed E-state index contributed by atoms with van der Waals surface area (Å²) < 4.78 is 0. The predicted molar refractivity (Wildman–Crippen MR) is 77.7 cm³/mol. The zero-order chi connectivity index (χ0) is 15.0. The van der Waals surface area contributed by atoms with Crippen molar-refractivity contribution in [2.75, 3.05) is 0 Å². The Labute approximate surface area is 123 Å². The van der Waals surface area contributed by atoms with E-state index in [4.69, 9.17) is 0 Å². The number of nitrogens with one attached hydrogen (secondary N) is 1. The number of hydrogen-bond donors (Lipinski definition) is 2. The first-order valence-electron chi connectivity index (χ1n) is 7.42. The van der Waals surface area contributed by atoms with Gasteiger partial charge in [-0.2, -0.15) is 0 Å². The second-order valence-electron chi connectivity index (χ2n) is 5.96. The van der Waals surface area contributed by atoms with Gasteiger partial charge in [0.1, 0.15) is 6.04 Å². The fraction of sp³-hybridized carbons (Fsp3) is 0.500. The number of carbonyl (C=O) groups is 2. The molecule has 1 fully saturated rings. The molecule has 0 bridgehead atoms. The highest BCUT2D eigenvalue weighted by Crippen LogP contribution is 2.26. The molecule has 5 nitrogen and oxygen atoms in total. The molecule has 21 heavy (non-hydrogen) atoms. The molecule has 5 heteroatoms. The maximum Gasteiger partial charge on any atom is 0.321 e. The number of carbonyl (C=O) groups excluding carboxylic acids is 1. The molecular weight excluding hydrogens is 268 g/mol. The second kappa shape index (κ2) is 5.48. The number of benzene rings is 1. The van der Waals surface area contributed by atoms with Crippen molar-refractivity contribution in [1.29, 1.82) is 0 Å². The number of carboxylic acids is 1. The monoisotopic (exact) mass is 288 g/mol. The van der Waals surface area contributed by atoms with Crippen molar-refractivity contribution in [3.63, 3.8) is 0 Å². The van der Waals surface area contributed by atoms with Crippen molar-refractivity contribution in [3.05, 3.63) is 35.4 Å². The third-order valence-corrected chi connectivity index (χ3v) is 4.37. The Kier molecular flexibility index (Phi) is 3.68. The van der Waals surface area contributed by atoms with Crippen LogP contribution in [0.25, 0.3) is 0 Å². The quantitative estimate of drug-likeness (QED) is 0.872. The summed E-state index contributed by atoms with van der Waals surface area (Å²) in [6, 6.07) is 7.08. The summed E-state index contributed by atoms with van der Waals surface area (Å²) in [5, 5.41) is 12.4. The van der Waals surface area contributed by atoms with Crippen LogP contribution in [0.5, 0.6) is 0 Å². The van der Waals surface area contributed by atoms with Crippen molar-refractivity contribution in [2.24, 2.45) is 0 Å². The first-order valence-corrected chi connectivity index (χ1v) is 7.42. The van der Waals surface area contributed by atoms with Gasteiger partial charge in [0.05, 0.1) is 6.04 Å². The van der Waals surface area contributed by atoms with E-state index in [-0.39, 0.29) is 5.91 Å². The van der Waals surface area contributed by atoms with Gasteiger partial charge in [0.25, 0.3) is 0 Å². The molecule has 2 atom stereocenters. The van der Waals surface area contributed by atoms with Crippen LogP contribution in [-0.4, -0.2) is 40.0 Å². The molecule has 0 radical (unpaired) electrons. The summed E-state index contributed by atoms with van der Waals surface area (Å²) in [6.45, 7) is 2.30. The summed E-state index contributed by atoms with van der Waals surface area (Å²) in [5.41, 5.74) is 2.18. The Morgan fingerprint density at radius 2 is 1.95 bits per heavy atom. The van der Waals surface area contributed by atoms with E-state index in [1.807, 2.05) is 24.3 Å². The van der Waals surface area contributed by atoms with E-state index in [9.17, 15) is 14.7 Å². The Bertz CT molecular complexity index is 568. The Balaban J connectivity index is 1.81. The average Bonchev–Trinajstić information content (AvgIpc) is 3.28. The third kappa shape index (κ3) is 2.93. The lowest BCUT2D eigenvalue weighted by Gasteiger charge is -2.37. The van der Waals surface area contributed by atoms with Crippen LogP contribution in [0.4, 0.5) is 0 Å². The number of amides is 1. The minimum Gasteiger partial charge on any atom is -0.480 e. The van der Waals surface area contributed by atoms with Crippen LogP contribution in [0.3, 0.4) is 0 Å². The lowest BCUT2D eigenvalue weighted by molar-refractivity contribution is -0.146. The highest BCUT2D eigenvalue weighted by atomic mass is 16.4. The van der Waals surface area contributed by atoms with Crippen molar-refractivity contribution in [2.45, 2.75) is 50.9 Å². The first-order chi connectivity index (χ1) is 10.1. The molecule has 1 aliphatic heterocycles. The van der Waals surface area contributed by atoms with Crippen LogP contribution in [0.2, 0.25) is 0 Å². The fourth-order valence-corrected chi connectivity index (χ4v) is 2.88. The molecule has 1 aromatic rings. The molecule has 3 rings (SSSR count). The number of hydrogen-bond acceptors (Lipinski definition) is 3. The average molecular weight is 288 g/mol. The van der Waals surface area contributed by atoms with Crippen molar-refractivity contribution in [1.82, 2.24) is 10.2 Å². The normalized spacial score (nSPS) is 23.2. The molecule has 2 aliphatic rings.